The molecule has 106 valence electrons. The van der Waals surface area contributed by atoms with E-state index in [4.69, 9.17) is 14.2 Å². The third kappa shape index (κ3) is 3.86. The van der Waals surface area contributed by atoms with Crippen LogP contribution in [0.1, 0.15) is 12.8 Å². The monoisotopic (exact) mass is 392 g/mol. The Morgan fingerprint density at radius 1 is 1.32 bits per heavy atom. The lowest BCUT2D eigenvalue weighted by Crippen LogP contribution is -2.36. The van der Waals surface area contributed by atoms with Crippen molar-refractivity contribution >= 4 is 31.9 Å². The zero-order valence-electron chi connectivity index (χ0n) is 11.0. The molecule has 1 aliphatic rings. The molecule has 1 aromatic rings. The fourth-order valence-corrected chi connectivity index (χ4v) is 3.27. The van der Waals surface area contributed by atoms with Crippen LogP contribution in [0.2, 0.25) is 0 Å². The zero-order chi connectivity index (χ0) is 13.7. The molecule has 3 nitrogen and oxygen atoms in total. The molecule has 1 saturated heterocycles. The first-order valence-corrected chi connectivity index (χ1v) is 8.21. The normalized spacial score (nSPS) is 18.1. The molecule has 0 unspecified atom stereocenters. The highest BCUT2D eigenvalue weighted by atomic mass is 79.9. The molecule has 0 atom stereocenters. The average Bonchev–Trinajstić information content (AvgIpc) is 2.47. The van der Waals surface area contributed by atoms with Gasteiger partial charge in [0.25, 0.3) is 0 Å². The summed E-state index contributed by atoms with van der Waals surface area (Å²) in [5.41, 5.74) is 0.178. The van der Waals surface area contributed by atoms with Crippen LogP contribution >= 0.6 is 31.9 Å². The van der Waals surface area contributed by atoms with Gasteiger partial charge in [0.15, 0.2) is 0 Å². The van der Waals surface area contributed by atoms with E-state index in [9.17, 15) is 0 Å². The van der Waals surface area contributed by atoms with Crippen LogP contribution in [0.15, 0.2) is 22.7 Å². The second-order valence-corrected chi connectivity index (χ2v) is 6.25. The number of alkyl halides is 1. The summed E-state index contributed by atoms with van der Waals surface area (Å²) in [5, 5.41) is 0.942. The summed E-state index contributed by atoms with van der Waals surface area (Å²) in [7, 11) is 1.66. The Kier molecular flexibility index (Phi) is 5.54. The summed E-state index contributed by atoms with van der Waals surface area (Å²) in [4.78, 5) is 0. The van der Waals surface area contributed by atoms with Gasteiger partial charge in [0.1, 0.15) is 11.5 Å². The summed E-state index contributed by atoms with van der Waals surface area (Å²) in [5.74, 6) is 1.67. The SMILES string of the molecule is COc1ccc(OCC2(CBr)CCOCC2)c(Br)c1. The van der Waals surface area contributed by atoms with Gasteiger partial charge in [-0.2, -0.15) is 0 Å². The molecule has 1 heterocycles. The van der Waals surface area contributed by atoms with Crippen molar-refractivity contribution in [3.63, 3.8) is 0 Å². The van der Waals surface area contributed by atoms with Crippen LogP contribution in [0.3, 0.4) is 0 Å². The highest BCUT2D eigenvalue weighted by molar-refractivity contribution is 9.10. The Hall–Kier alpha value is -0.260. The van der Waals surface area contributed by atoms with Crippen LogP contribution < -0.4 is 9.47 Å². The molecular weight excluding hydrogens is 376 g/mol. The summed E-state index contributed by atoms with van der Waals surface area (Å²) >= 11 is 7.13. The summed E-state index contributed by atoms with van der Waals surface area (Å²) < 4.78 is 17.5. The summed E-state index contributed by atoms with van der Waals surface area (Å²) in [6.07, 6.45) is 2.07. The molecule has 2 rings (SSSR count). The predicted molar refractivity (Wildman–Crippen MR) is 82.5 cm³/mol. The molecule has 0 aliphatic carbocycles. The highest BCUT2D eigenvalue weighted by Crippen LogP contribution is 2.35. The molecule has 0 saturated carbocycles. The molecule has 0 bridgehead atoms. The van der Waals surface area contributed by atoms with E-state index >= 15 is 0 Å². The van der Waals surface area contributed by atoms with E-state index in [1.54, 1.807) is 7.11 Å². The van der Waals surface area contributed by atoms with Crippen LogP contribution in [0.25, 0.3) is 0 Å². The number of benzene rings is 1. The van der Waals surface area contributed by atoms with Gasteiger partial charge in [0.2, 0.25) is 0 Å². The minimum atomic E-state index is 0.178. The number of halogens is 2. The van der Waals surface area contributed by atoms with Crippen molar-refractivity contribution in [3.8, 4) is 11.5 Å². The first-order valence-electron chi connectivity index (χ1n) is 6.29. The third-order valence-corrected chi connectivity index (χ3v) is 5.32. The number of rotatable bonds is 5. The van der Waals surface area contributed by atoms with Crippen LogP contribution in [0.4, 0.5) is 0 Å². The van der Waals surface area contributed by atoms with Crippen molar-refractivity contribution in [2.75, 3.05) is 32.3 Å². The average molecular weight is 394 g/mol. The Morgan fingerprint density at radius 3 is 2.63 bits per heavy atom. The smallest absolute Gasteiger partial charge is 0.133 e. The lowest BCUT2D eigenvalue weighted by molar-refractivity contribution is 0.00341. The minimum Gasteiger partial charge on any atom is -0.497 e. The maximum atomic E-state index is 5.98. The topological polar surface area (TPSA) is 27.7 Å². The molecule has 1 aromatic carbocycles. The van der Waals surface area contributed by atoms with E-state index in [0.29, 0.717) is 6.61 Å². The van der Waals surface area contributed by atoms with Crippen LogP contribution in [-0.4, -0.2) is 32.3 Å². The van der Waals surface area contributed by atoms with E-state index < -0.39 is 0 Å². The quantitative estimate of drug-likeness (QED) is 0.707. The summed E-state index contributed by atoms with van der Waals surface area (Å²) in [6.45, 7) is 2.34. The minimum absolute atomic E-state index is 0.178. The van der Waals surface area contributed by atoms with Crippen LogP contribution in [-0.2, 0) is 4.74 Å². The molecule has 1 aliphatic heterocycles. The Morgan fingerprint density at radius 2 is 2.05 bits per heavy atom. The molecule has 19 heavy (non-hydrogen) atoms. The van der Waals surface area contributed by atoms with Gasteiger partial charge in [-0.15, -0.1) is 0 Å². The first kappa shape index (κ1) is 15.1. The Balaban J connectivity index is 2.01. The standard InChI is InChI=1S/C14H18Br2O3/c1-17-11-2-3-13(12(16)8-11)19-10-14(9-15)4-6-18-7-5-14/h2-3,8H,4-7,9-10H2,1H3. The van der Waals surface area contributed by atoms with Gasteiger partial charge < -0.3 is 14.2 Å². The second-order valence-electron chi connectivity index (χ2n) is 4.83. The maximum Gasteiger partial charge on any atom is 0.133 e. The molecule has 0 amide bonds. The molecule has 0 N–H and O–H groups in total. The second kappa shape index (κ2) is 6.95. The first-order chi connectivity index (χ1) is 9.19. The van der Waals surface area contributed by atoms with E-state index in [1.807, 2.05) is 18.2 Å². The van der Waals surface area contributed by atoms with E-state index in [1.165, 1.54) is 0 Å². The summed E-state index contributed by atoms with van der Waals surface area (Å²) in [6, 6.07) is 5.76. The molecule has 1 fully saturated rings. The fraction of sp³-hybridized carbons (Fsp3) is 0.571. The number of hydrogen-bond donors (Lipinski definition) is 0. The van der Waals surface area contributed by atoms with E-state index in [0.717, 1.165) is 47.4 Å². The maximum absolute atomic E-state index is 5.98. The zero-order valence-corrected chi connectivity index (χ0v) is 14.1. The van der Waals surface area contributed by atoms with Gasteiger partial charge >= 0.3 is 0 Å². The van der Waals surface area contributed by atoms with Crippen LogP contribution in [0, 0.1) is 5.41 Å². The van der Waals surface area contributed by atoms with Gasteiger partial charge in [-0.3, -0.25) is 0 Å². The van der Waals surface area contributed by atoms with E-state index in [2.05, 4.69) is 31.9 Å². The van der Waals surface area contributed by atoms with Crippen molar-refractivity contribution in [1.29, 1.82) is 0 Å². The molecule has 0 radical (unpaired) electrons. The van der Waals surface area contributed by atoms with Gasteiger partial charge in [-0.25, -0.2) is 0 Å². The molecule has 5 heteroatoms. The number of hydrogen-bond acceptors (Lipinski definition) is 3. The van der Waals surface area contributed by atoms with Gasteiger partial charge in [0.05, 0.1) is 18.2 Å². The third-order valence-electron chi connectivity index (χ3n) is 3.51. The molecule has 0 aromatic heterocycles. The van der Waals surface area contributed by atoms with Crippen molar-refractivity contribution < 1.29 is 14.2 Å². The largest absolute Gasteiger partial charge is 0.497 e. The highest BCUT2D eigenvalue weighted by Gasteiger charge is 2.32. The molecule has 0 spiro atoms. The Labute approximate surface area is 130 Å². The van der Waals surface area contributed by atoms with E-state index in [-0.39, 0.29) is 5.41 Å². The Bertz CT molecular complexity index is 417. The number of ether oxygens (including phenoxy) is 3. The lowest BCUT2D eigenvalue weighted by Gasteiger charge is -2.35. The fourth-order valence-electron chi connectivity index (χ4n) is 2.08. The van der Waals surface area contributed by atoms with Gasteiger partial charge in [0, 0.05) is 24.0 Å². The van der Waals surface area contributed by atoms with Gasteiger partial charge in [-0.05, 0) is 47.0 Å². The molecular formula is C14H18Br2O3. The number of methoxy groups -OCH3 is 1. The van der Waals surface area contributed by atoms with Crippen molar-refractivity contribution in [2.45, 2.75) is 12.8 Å². The van der Waals surface area contributed by atoms with Crippen LogP contribution in [0.5, 0.6) is 11.5 Å². The van der Waals surface area contributed by atoms with Gasteiger partial charge in [-0.1, -0.05) is 15.9 Å². The van der Waals surface area contributed by atoms with Crippen molar-refractivity contribution in [3.05, 3.63) is 22.7 Å². The van der Waals surface area contributed by atoms with Crippen molar-refractivity contribution in [2.24, 2.45) is 5.41 Å². The van der Waals surface area contributed by atoms with Crippen molar-refractivity contribution in [1.82, 2.24) is 0 Å². The lowest BCUT2D eigenvalue weighted by atomic mass is 9.83. The predicted octanol–water partition coefficient (Wildman–Crippen LogP) is 4.03.